The highest BCUT2D eigenvalue weighted by Crippen LogP contribution is 2.36. The first-order chi connectivity index (χ1) is 12.5. The Hall–Kier alpha value is -2.12. The minimum Gasteiger partial charge on any atom is -0.354 e. The summed E-state index contributed by atoms with van der Waals surface area (Å²) in [6.07, 6.45) is -0.231. The molecule has 1 aromatic heterocycles. The van der Waals surface area contributed by atoms with Crippen molar-refractivity contribution >= 4 is 11.7 Å². The number of hydrogen-bond donors (Lipinski definition) is 1. The highest BCUT2D eigenvalue weighted by molar-refractivity contribution is 6.01. The van der Waals surface area contributed by atoms with Crippen LogP contribution in [-0.4, -0.2) is 29.2 Å². The van der Waals surface area contributed by atoms with Crippen molar-refractivity contribution in [2.45, 2.75) is 60.1 Å². The van der Waals surface area contributed by atoms with Crippen LogP contribution in [0.15, 0.2) is 11.8 Å². The molecule has 8 heteroatoms. The zero-order valence-electron chi connectivity index (χ0n) is 16.5. The predicted molar refractivity (Wildman–Crippen MR) is 98.5 cm³/mol. The molecule has 2 heterocycles. The number of nitrogens with zero attached hydrogens (tertiary/aromatic N) is 3. The van der Waals surface area contributed by atoms with Crippen molar-refractivity contribution in [2.24, 2.45) is 5.41 Å². The Morgan fingerprint density at radius 1 is 1.22 bits per heavy atom. The van der Waals surface area contributed by atoms with Gasteiger partial charge in [0.2, 0.25) is 0 Å². The fourth-order valence-electron chi connectivity index (χ4n) is 3.22. The predicted octanol–water partition coefficient (Wildman–Crippen LogP) is 4.47. The number of hydrogen-bond acceptors (Lipinski definition) is 4. The van der Waals surface area contributed by atoms with Gasteiger partial charge in [0, 0.05) is 18.8 Å². The molecule has 150 valence electrons. The average molecular weight is 384 g/mol. The lowest BCUT2D eigenvalue weighted by atomic mass is 9.85. The van der Waals surface area contributed by atoms with E-state index in [0.717, 1.165) is 19.3 Å². The highest BCUT2D eigenvalue weighted by Gasteiger charge is 2.38. The van der Waals surface area contributed by atoms with Crippen LogP contribution in [0.2, 0.25) is 0 Å². The Labute approximate surface area is 158 Å². The summed E-state index contributed by atoms with van der Waals surface area (Å²) in [4.78, 5) is 14.7. The molecule has 27 heavy (non-hydrogen) atoms. The van der Waals surface area contributed by atoms with Gasteiger partial charge in [-0.2, -0.15) is 13.2 Å². The van der Waals surface area contributed by atoms with E-state index in [1.807, 2.05) is 4.90 Å². The lowest BCUT2D eigenvalue weighted by molar-refractivity contribution is -0.142. The fraction of sp³-hybridized carbons (Fsp3) is 0.632. The van der Waals surface area contributed by atoms with E-state index >= 15 is 0 Å². The van der Waals surface area contributed by atoms with Gasteiger partial charge < -0.3 is 10.2 Å². The lowest BCUT2D eigenvalue weighted by Gasteiger charge is -2.26. The molecule has 0 unspecified atom stereocenters. The average Bonchev–Trinajstić information content (AvgIpc) is 2.73. The molecular weight excluding hydrogens is 357 g/mol. The van der Waals surface area contributed by atoms with Crippen molar-refractivity contribution in [3.05, 3.63) is 28.6 Å². The second kappa shape index (κ2) is 7.86. The van der Waals surface area contributed by atoms with Crippen LogP contribution in [0.4, 0.5) is 19.0 Å². The summed E-state index contributed by atoms with van der Waals surface area (Å²) >= 11 is 0. The summed E-state index contributed by atoms with van der Waals surface area (Å²) in [5.74, 6) is -0.374. The Bertz CT molecular complexity index is 741. The zero-order chi connectivity index (χ0) is 20.4. The van der Waals surface area contributed by atoms with Gasteiger partial charge >= 0.3 is 6.18 Å². The summed E-state index contributed by atoms with van der Waals surface area (Å²) in [7, 11) is 0. The Morgan fingerprint density at radius 2 is 1.89 bits per heavy atom. The van der Waals surface area contributed by atoms with E-state index in [-0.39, 0.29) is 22.4 Å². The van der Waals surface area contributed by atoms with Gasteiger partial charge in [0.15, 0.2) is 11.5 Å². The molecule has 0 radical (unpaired) electrons. The number of alkyl halides is 3. The number of anilines is 1. The summed E-state index contributed by atoms with van der Waals surface area (Å²) in [6.45, 7) is 10.3. The van der Waals surface area contributed by atoms with Crippen molar-refractivity contribution in [3.63, 3.8) is 0 Å². The van der Waals surface area contributed by atoms with Gasteiger partial charge in [-0.15, -0.1) is 10.2 Å². The Balaban J connectivity index is 2.53. The monoisotopic (exact) mass is 384 g/mol. The molecule has 1 N–H and O–H groups in total. The van der Waals surface area contributed by atoms with E-state index in [9.17, 15) is 18.0 Å². The number of nitrogens with one attached hydrogen (secondary N) is 1. The van der Waals surface area contributed by atoms with E-state index in [2.05, 4.69) is 29.4 Å². The molecule has 0 spiro atoms. The van der Waals surface area contributed by atoms with Gasteiger partial charge in [-0.3, -0.25) is 4.79 Å². The molecule has 2 rings (SSSR count). The largest absolute Gasteiger partial charge is 0.435 e. The van der Waals surface area contributed by atoms with Crippen LogP contribution >= 0.6 is 0 Å². The van der Waals surface area contributed by atoms with E-state index < -0.39 is 17.8 Å². The normalized spacial score (nSPS) is 18.2. The SMILES string of the molecule is C/C=C(\C)NC(=O)c1c(N2CCCC(C)(C)CC2)nnc(C(F)(F)F)c1C. The third-order valence-corrected chi connectivity index (χ3v) is 5.08. The summed E-state index contributed by atoms with van der Waals surface area (Å²) < 4.78 is 39.9. The lowest BCUT2D eigenvalue weighted by Crippen LogP contribution is -2.32. The maximum Gasteiger partial charge on any atom is 0.435 e. The Morgan fingerprint density at radius 3 is 2.48 bits per heavy atom. The van der Waals surface area contributed by atoms with Crippen LogP contribution in [0.3, 0.4) is 0 Å². The summed E-state index contributed by atoms with van der Waals surface area (Å²) in [5.41, 5.74) is -0.666. The molecule has 0 bridgehead atoms. The molecule has 1 fully saturated rings. The molecule has 1 aromatic rings. The molecule has 5 nitrogen and oxygen atoms in total. The van der Waals surface area contributed by atoms with Crippen molar-refractivity contribution in [3.8, 4) is 0 Å². The van der Waals surface area contributed by atoms with E-state index in [1.54, 1.807) is 19.9 Å². The van der Waals surface area contributed by atoms with Gasteiger partial charge in [-0.25, -0.2) is 0 Å². The quantitative estimate of drug-likeness (QED) is 0.835. The number of amides is 1. The van der Waals surface area contributed by atoms with Crippen LogP contribution in [0, 0.1) is 12.3 Å². The van der Waals surface area contributed by atoms with Gasteiger partial charge in [-0.1, -0.05) is 19.9 Å². The van der Waals surface area contributed by atoms with Crippen molar-refractivity contribution in [2.75, 3.05) is 18.0 Å². The molecule has 0 atom stereocenters. The molecule has 1 saturated heterocycles. The standard InChI is InChI=1S/C19H27F3N4O/c1-6-12(2)23-17(27)14-13(3)15(19(20,21)22)24-25-16(14)26-10-7-8-18(4,5)9-11-26/h6H,7-11H2,1-5H3,(H,23,27)/b12-6+. The Kier molecular flexibility index (Phi) is 6.17. The van der Waals surface area contributed by atoms with Gasteiger partial charge in [0.05, 0.1) is 5.56 Å². The van der Waals surface area contributed by atoms with Gasteiger partial charge in [0.1, 0.15) is 0 Å². The molecule has 0 aliphatic carbocycles. The number of carbonyl (C=O) groups is 1. The smallest absolute Gasteiger partial charge is 0.354 e. The minimum absolute atomic E-state index is 0.0572. The van der Waals surface area contributed by atoms with Crippen LogP contribution < -0.4 is 10.2 Å². The minimum atomic E-state index is -4.67. The number of carbonyl (C=O) groups excluding carboxylic acids is 1. The molecule has 0 saturated carbocycles. The van der Waals surface area contributed by atoms with E-state index in [0.29, 0.717) is 18.8 Å². The number of rotatable bonds is 3. The second-order valence-electron chi connectivity index (χ2n) is 7.80. The van der Waals surface area contributed by atoms with Crippen LogP contribution in [0.1, 0.15) is 68.6 Å². The van der Waals surface area contributed by atoms with Crippen LogP contribution in [0.25, 0.3) is 0 Å². The molecule has 1 amide bonds. The highest BCUT2D eigenvalue weighted by atomic mass is 19.4. The molecular formula is C19H27F3N4O. The fourth-order valence-corrected chi connectivity index (χ4v) is 3.22. The summed E-state index contributed by atoms with van der Waals surface area (Å²) in [6, 6.07) is 0. The van der Waals surface area contributed by atoms with Crippen LogP contribution in [0.5, 0.6) is 0 Å². The maximum absolute atomic E-state index is 13.3. The first kappa shape index (κ1) is 21.2. The zero-order valence-corrected chi connectivity index (χ0v) is 16.5. The van der Waals surface area contributed by atoms with Gasteiger partial charge in [0.25, 0.3) is 5.91 Å². The van der Waals surface area contributed by atoms with E-state index in [1.165, 1.54) is 6.92 Å². The number of allylic oxidation sites excluding steroid dienone is 2. The van der Waals surface area contributed by atoms with E-state index in [4.69, 9.17) is 0 Å². The first-order valence-electron chi connectivity index (χ1n) is 9.10. The first-order valence-corrected chi connectivity index (χ1v) is 9.10. The van der Waals surface area contributed by atoms with Crippen molar-refractivity contribution < 1.29 is 18.0 Å². The topological polar surface area (TPSA) is 58.1 Å². The summed E-state index contributed by atoms with van der Waals surface area (Å²) in [5, 5.41) is 9.91. The third-order valence-electron chi connectivity index (χ3n) is 5.08. The van der Waals surface area contributed by atoms with Gasteiger partial charge in [-0.05, 0) is 51.0 Å². The number of aromatic nitrogens is 2. The molecule has 1 aliphatic heterocycles. The molecule has 0 aromatic carbocycles. The van der Waals surface area contributed by atoms with Crippen molar-refractivity contribution in [1.29, 1.82) is 0 Å². The second-order valence-corrected chi connectivity index (χ2v) is 7.80. The third kappa shape index (κ3) is 4.99. The van der Waals surface area contributed by atoms with Crippen molar-refractivity contribution in [1.82, 2.24) is 15.5 Å². The number of halogens is 3. The molecule has 1 aliphatic rings. The maximum atomic E-state index is 13.3. The van der Waals surface area contributed by atoms with Crippen LogP contribution in [-0.2, 0) is 6.18 Å².